The molecular weight excluding hydrogens is 711 g/mol. The Morgan fingerprint density at radius 2 is 1.23 bits per heavy atom. The number of para-hydroxylation sites is 1. The number of thiophene rings is 1. The van der Waals surface area contributed by atoms with E-state index in [9.17, 15) is 0 Å². The van der Waals surface area contributed by atoms with Gasteiger partial charge in [0, 0.05) is 65.3 Å². The highest BCUT2D eigenvalue weighted by Gasteiger charge is 2.47. The summed E-state index contributed by atoms with van der Waals surface area (Å²) in [5.41, 5.74) is 18.4. The van der Waals surface area contributed by atoms with Gasteiger partial charge in [0.15, 0.2) is 0 Å². The van der Waals surface area contributed by atoms with Crippen molar-refractivity contribution < 1.29 is 4.42 Å². The van der Waals surface area contributed by atoms with Crippen molar-refractivity contribution in [2.45, 2.75) is 103 Å². The first kappa shape index (κ1) is 34.1. The molecule has 0 saturated carbocycles. The van der Waals surface area contributed by atoms with E-state index in [0.717, 1.165) is 16.9 Å². The quantitative estimate of drug-likeness (QED) is 0.169. The molecule has 5 heteroatoms. The van der Waals surface area contributed by atoms with E-state index in [4.69, 9.17) is 4.42 Å². The molecule has 6 aromatic carbocycles. The summed E-state index contributed by atoms with van der Waals surface area (Å²) in [6.07, 6.45) is 4.73. The molecule has 3 nitrogen and oxygen atoms in total. The van der Waals surface area contributed by atoms with Crippen LogP contribution in [0.2, 0.25) is 0 Å². The number of benzene rings is 6. The monoisotopic (exact) mass is 760 g/mol. The number of furan rings is 1. The Bertz CT molecular complexity index is 3090. The highest BCUT2D eigenvalue weighted by atomic mass is 32.1. The minimum Gasteiger partial charge on any atom is -0.456 e. The summed E-state index contributed by atoms with van der Waals surface area (Å²) in [7, 11) is 0. The van der Waals surface area contributed by atoms with Crippen LogP contribution in [0.15, 0.2) is 101 Å². The van der Waals surface area contributed by atoms with E-state index in [1.54, 1.807) is 0 Å². The first-order valence-electron chi connectivity index (χ1n) is 21.0. The fourth-order valence-electron chi connectivity index (χ4n) is 11.4. The van der Waals surface area contributed by atoms with Gasteiger partial charge in [-0.15, -0.1) is 11.3 Å². The minimum atomic E-state index is -0.0537. The first-order valence-corrected chi connectivity index (χ1v) is 21.9. The van der Waals surface area contributed by atoms with Gasteiger partial charge < -0.3 is 14.5 Å². The Kier molecular flexibility index (Phi) is 6.54. The minimum absolute atomic E-state index is 0.0537. The van der Waals surface area contributed by atoms with E-state index in [2.05, 4.69) is 163 Å². The van der Waals surface area contributed by atoms with Crippen LogP contribution in [0.25, 0.3) is 53.2 Å². The lowest BCUT2D eigenvalue weighted by atomic mass is 9.43. The fraction of sp³-hybridized carbons (Fsp3) is 0.308. The third-order valence-electron chi connectivity index (χ3n) is 15.0. The van der Waals surface area contributed by atoms with Crippen LogP contribution in [-0.4, -0.2) is 6.85 Å². The molecule has 0 atom stereocenters. The van der Waals surface area contributed by atoms with Crippen LogP contribution in [0.4, 0.5) is 22.7 Å². The van der Waals surface area contributed by atoms with Crippen LogP contribution in [0, 0.1) is 0 Å². The largest absolute Gasteiger partial charge is 0.456 e. The van der Waals surface area contributed by atoms with Gasteiger partial charge in [0.05, 0.1) is 0 Å². The zero-order chi connectivity index (χ0) is 39.0. The molecule has 0 spiro atoms. The first-order chi connectivity index (χ1) is 27.2. The molecule has 0 amide bonds. The predicted molar refractivity (Wildman–Crippen MR) is 246 cm³/mol. The molecule has 0 radical (unpaired) electrons. The number of anilines is 4. The summed E-state index contributed by atoms with van der Waals surface area (Å²) in [5, 5.41) is 9.10. The smallest absolute Gasteiger partial charge is 0.333 e. The maximum absolute atomic E-state index is 6.79. The Hall–Kier alpha value is -5.00. The molecule has 282 valence electrons. The lowest BCUT2D eigenvalue weighted by molar-refractivity contribution is 0.332. The van der Waals surface area contributed by atoms with Gasteiger partial charge in [0.1, 0.15) is 11.2 Å². The Morgan fingerprint density at radius 3 is 1.98 bits per heavy atom. The fourth-order valence-corrected chi connectivity index (χ4v) is 12.6. The predicted octanol–water partition coefficient (Wildman–Crippen LogP) is 13.6. The van der Waals surface area contributed by atoms with Crippen LogP contribution < -0.4 is 21.1 Å². The van der Waals surface area contributed by atoms with Crippen molar-refractivity contribution in [2.75, 3.05) is 10.1 Å². The summed E-state index contributed by atoms with van der Waals surface area (Å²) >= 11 is 1.91. The summed E-state index contributed by atoms with van der Waals surface area (Å²) in [6, 6.07) is 37.5. The normalized spacial score (nSPS) is 19.2. The molecule has 4 heterocycles. The van der Waals surface area contributed by atoms with E-state index >= 15 is 0 Å². The van der Waals surface area contributed by atoms with Crippen molar-refractivity contribution in [1.29, 1.82) is 0 Å². The van der Waals surface area contributed by atoms with Gasteiger partial charge in [0.25, 0.3) is 0 Å². The second-order valence-electron chi connectivity index (χ2n) is 20.3. The van der Waals surface area contributed by atoms with Crippen LogP contribution in [0.1, 0.15) is 103 Å². The van der Waals surface area contributed by atoms with Gasteiger partial charge >= 0.3 is 6.85 Å². The summed E-state index contributed by atoms with van der Waals surface area (Å²) in [5.74, 6) is 0. The van der Waals surface area contributed by atoms with Crippen molar-refractivity contribution in [3.8, 4) is 11.1 Å². The second-order valence-corrected chi connectivity index (χ2v) is 21.4. The molecule has 0 unspecified atom stereocenters. The highest BCUT2D eigenvalue weighted by molar-refractivity contribution is 7.26. The van der Waals surface area contributed by atoms with Gasteiger partial charge in [-0.25, -0.2) is 0 Å². The average Bonchev–Trinajstić information content (AvgIpc) is 3.74. The van der Waals surface area contributed by atoms with E-state index in [1.165, 1.54) is 118 Å². The number of nitrogens with one attached hydrogen (secondary N) is 1. The van der Waals surface area contributed by atoms with E-state index in [0.29, 0.717) is 0 Å². The number of fused-ring (bicyclic) bond motifs is 13. The van der Waals surface area contributed by atoms with Crippen molar-refractivity contribution in [1.82, 2.24) is 0 Å². The topological polar surface area (TPSA) is 28.4 Å². The number of rotatable bonds is 1. The highest BCUT2D eigenvalue weighted by Crippen LogP contribution is 2.55. The second kappa shape index (κ2) is 10.9. The van der Waals surface area contributed by atoms with Gasteiger partial charge in [-0.05, 0) is 135 Å². The number of hydrogen-bond donors (Lipinski definition) is 1. The average molecular weight is 761 g/mol. The van der Waals surface area contributed by atoms with Crippen molar-refractivity contribution in [3.63, 3.8) is 0 Å². The van der Waals surface area contributed by atoms with Gasteiger partial charge in [-0.1, -0.05) is 97.9 Å². The lowest BCUT2D eigenvalue weighted by Gasteiger charge is -2.47. The SMILES string of the molecule is CC1(C)CCC(C)(C)c2cc(N3B4c5cc6sc7ccccc7c6cc5Nc5cc6oc7ccccc7c6c(c54)-c4cc5c(cc43)C(C)(C)CCC5(C)C)ccc21. The maximum atomic E-state index is 6.79. The van der Waals surface area contributed by atoms with Crippen molar-refractivity contribution in [2.24, 2.45) is 0 Å². The number of hydrogen-bond acceptors (Lipinski definition) is 4. The molecule has 8 aromatic rings. The molecule has 0 bridgehead atoms. The Balaban J connectivity index is 1.24. The lowest BCUT2D eigenvalue weighted by Crippen LogP contribution is -2.60. The van der Waals surface area contributed by atoms with Gasteiger partial charge in [-0.2, -0.15) is 0 Å². The molecule has 2 aliphatic heterocycles. The standard InChI is InChI=1S/C52H49BN2OS/c1-49(2)19-20-50(3,4)35-23-29(17-18-34(35)49)55-41-26-37-36(51(5,6)21-22-52(37,7)8)24-33(41)47-46-31-14-9-11-15-42(31)56-43(46)28-40-48(47)53(55)38-27-45-32(25-39(38)54-40)30-13-10-12-16-44(30)57-45/h9-18,23-28,54H,19-22H2,1-8H3. The van der Waals surface area contributed by atoms with E-state index in [-0.39, 0.29) is 28.5 Å². The molecule has 0 saturated heterocycles. The zero-order valence-electron chi connectivity index (χ0n) is 34.4. The summed E-state index contributed by atoms with van der Waals surface area (Å²) in [4.78, 5) is 2.75. The summed E-state index contributed by atoms with van der Waals surface area (Å²) in [6.45, 7) is 19.6. The third-order valence-corrected chi connectivity index (χ3v) is 16.1. The van der Waals surface area contributed by atoms with Gasteiger partial charge in [-0.3, -0.25) is 0 Å². The molecule has 12 rings (SSSR count). The summed E-state index contributed by atoms with van der Waals surface area (Å²) < 4.78 is 9.46. The van der Waals surface area contributed by atoms with Crippen LogP contribution in [0.5, 0.6) is 0 Å². The molecule has 4 aliphatic rings. The Labute approximate surface area is 340 Å². The molecule has 57 heavy (non-hydrogen) atoms. The number of nitrogens with zero attached hydrogens (tertiary/aromatic N) is 1. The molecule has 0 fully saturated rings. The van der Waals surface area contributed by atoms with Gasteiger partial charge in [0.2, 0.25) is 0 Å². The van der Waals surface area contributed by atoms with Crippen molar-refractivity contribution in [3.05, 3.63) is 119 Å². The third kappa shape index (κ3) is 4.55. The van der Waals surface area contributed by atoms with Crippen LogP contribution >= 0.6 is 11.3 Å². The Morgan fingerprint density at radius 1 is 0.579 bits per heavy atom. The molecule has 1 N–H and O–H groups in total. The van der Waals surface area contributed by atoms with E-state index < -0.39 is 0 Å². The van der Waals surface area contributed by atoms with E-state index in [1.807, 2.05) is 11.3 Å². The molecule has 2 aliphatic carbocycles. The van der Waals surface area contributed by atoms with Crippen molar-refractivity contribution >= 4 is 94.0 Å². The molecule has 2 aromatic heterocycles. The zero-order valence-corrected chi connectivity index (χ0v) is 35.2. The maximum Gasteiger partial charge on any atom is 0.333 e. The van der Waals surface area contributed by atoms with Crippen LogP contribution in [0.3, 0.4) is 0 Å². The van der Waals surface area contributed by atoms with Crippen LogP contribution in [-0.2, 0) is 21.7 Å². The molecular formula is C52H49BN2OS.